The zero-order chi connectivity index (χ0) is 20.8. The Hall–Kier alpha value is -3.24. The van der Waals surface area contributed by atoms with Crippen LogP contribution in [0.1, 0.15) is 28.1 Å². The highest BCUT2D eigenvalue weighted by molar-refractivity contribution is 5.39. The van der Waals surface area contributed by atoms with E-state index in [0.717, 1.165) is 31.7 Å². The number of benzene rings is 1. The number of nitrogens with zero attached hydrogens (tertiary/aromatic N) is 4. The van der Waals surface area contributed by atoms with Crippen molar-refractivity contribution in [2.24, 2.45) is 0 Å². The lowest BCUT2D eigenvalue weighted by Gasteiger charge is -2.23. The Morgan fingerprint density at radius 2 is 1.60 bits per heavy atom. The van der Waals surface area contributed by atoms with E-state index >= 15 is 0 Å². The van der Waals surface area contributed by atoms with E-state index in [4.69, 9.17) is 0 Å². The van der Waals surface area contributed by atoms with E-state index < -0.39 is 0 Å². The van der Waals surface area contributed by atoms with Gasteiger partial charge in [-0.1, -0.05) is 30.3 Å². The van der Waals surface area contributed by atoms with Crippen LogP contribution in [0.2, 0.25) is 0 Å². The maximum Gasteiger partial charge on any atom is 0.0638 e. The second-order valence-corrected chi connectivity index (χ2v) is 7.74. The summed E-state index contributed by atoms with van der Waals surface area (Å²) >= 11 is 0. The molecule has 4 heteroatoms. The molecule has 0 unspecified atom stereocenters. The molecule has 0 saturated heterocycles. The molecule has 0 bridgehead atoms. The van der Waals surface area contributed by atoms with Crippen LogP contribution in [0, 0.1) is 13.8 Å². The number of aromatic nitrogens is 3. The Morgan fingerprint density at radius 1 is 0.800 bits per heavy atom. The smallest absolute Gasteiger partial charge is 0.0638 e. The van der Waals surface area contributed by atoms with Crippen LogP contribution in [0.5, 0.6) is 0 Å². The molecule has 0 amide bonds. The highest BCUT2D eigenvalue weighted by Crippen LogP contribution is 2.22. The van der Waals surface area contributed by atoms with E-state index in [1.807, 2.05) is 30.9 Å². The molecular formula is C26H28N4. The van der Waals surface area contributed by atoms with Crippen LogP contribution in [0.25, 0.3) is 5.69 Å². The number of rotatable bonds is 8. The van der Waals surface area contributed by atoms with Crippen molar-refractivity contribution in [2.45, 2.75) is 33.4 Å². The summed E-state index contributed by atoms with van der Waals surface area (Å²) in [5.74, 6) is 0. The van der Waals surface area contributed by atoms with Crippen LogP contribution in [-0.2, 0) is 19.5 Å². The van der Waals surface area contributed by atoms with E-state index in [2.05, 4.69) is 87.9 Å². The molecule has 4 nitrogen and oxygen atoms in total. The Labute approximate surface area is 178 Å². The minimum absolute atomic E-state index is 0.909. The summed E-state index contributed by atoms with van der Waals surface area (Å²) in [6, 6.07) is 21.3. The monoisotopic (exact) mass is 396 g/mol. The molecule has 0 N–H and O–H groups in total. The second kappa shape index (κ2) is 9.51. The first kappa shape index (κ1) is 20.0. The minimum Gasteiger partial charge on any atom is -0.317 e. The largest absolute Gasteiger partial charge is 0.317 e. The van der Waals surface area contributed by atoms with E-state index in [9.17, 15) is 0 Å². The van der Waals surface area contributed by atoms with E-state index in [0.29, 0.717) is 0 Å². The van der Waals surface area contributed by atoms with Crippen LogP contribution in [0.15, 0.2) is 85.5 Å². The maximum atomic E-state index is 4.30. The zero-order valence-electron chi connectivity index (χ0n) is 17.7. The van der Waals surface area contributed by atoms with Crippen molar-refractivity contribution in [1.82, 2.24) is 19.4 Å². The van der Waals surface area contributed by atoms with Gasteiger partial charge in [0.25, 0.3) is 0 Å². The number of hydrogen-bond donors (Lipinski definition) is 0. The average molecular weight is 397 g/mol. The fraction of sp³-hybridized carbons (Fsp3) is 0.231. The van der Waals surface area contributed by atoms with Gasteiger partial charge in [-0.05, 0) is 67.3 Å². The van der Waals surface area contributed by atoms with Crippen LogP contribution in [-0.4, -0.2) is 26.0 Å². The van der Waals surface area contributed by atoms with Crippen LogP contribution >= 0.6 is 0 Å². The fourth-order valence-corrected chi connectivity index (χ4v) is 4.01. The Kier molecular flexibility index (Phi) is 6.35. The summed E-state index contributed by atoms with van der Waals surface area (Å²) in [6.45, 7) is 7.20. The predicted octanol–water partition coefficient (Wildman–Crippen LogP) is 5.13. The lowest BCUT2D eigenvalue weighted by molar-refractivity contribution is 0.259. The topological polar surface area (TPSA) is 34.0 Å². The summed E-state index contributed by atoms with van der Waals surface area (Å²) in [4.78, 5) is 11.0. The molecule has 3 heterocycles. The first-order valence-electron chi connectivity index (χ1n) is 10.4. The molecule has 152 valence electrons. The average Bonchev–Trinajstić information content (AvgIpc) is 3.07. The summed E-state index contributed by atoms with van der Waals surface area (Å²) in [5.41, 5.74) is 7.65. The molecule has 4 aromatic rings. The second-order valence-electron chi connectivity index (χ2n) is 7.74. The molecule has 0 aliphatic heterocycles. The first-order valence-corrected chi connectivity index (χ1v) is 10.4. The molecule has 0 fully saturated rings. The van der Waals surface area contributed by atoms with Gasteiger partial charge in [0.15, 0.2) is 0 Å². The highest BCUT2D eigenvalue weighted by atomic mass is 15.1. The summed E-state index contributed by atoms with van der Waals surface area (Å²) < 4.78 is 2.30. The normalized spacial score (nSPS) is 11.2. The number of aryl methyl sites for hydroxylation is 1. The van der Waals surface area contributed by atoms with Gasteiger partial charge in [-0.15, -0.1) is 0 Å². The van der Waals surface area contributed by atoms with Gasteiger partial charge < -0.3 is 4.57 Å². The first-order chi connectivity index (χ1) is 14.7. The molecule has 4 rings (SSSR count). The van der Waals surface area contributed by atoms with Gasteiger partial charge in [0.1, 0.15) is 0 Å². The van der Waals surface area contributed by atoms with Crippen molar-refractivity contribution in [3.8, 4) is 5.69 Å². The number of hydrogen-bond acceptors (Lipinski definition) is 3. The molecule has 0 atom stereocenters. The van der Waals surface area contributed by atoms with Crippen molar-refractivity contribution in [3.05, 3.63) is 114 Å². The summed E-state index contributed by atoms with van der Waals surface area (Å²) in [7, 11) is 0. The molecule has 0 aliphatic rings. The third-order valence-corrected chi connectivity index (χ3v) is 5.55. The lowest BCUT2D eigenvalue weighted by atomic mass is 10.1. The minimum atomic E-state index is 0.909. The molecule has 30 heavy (non-hydrogen) atoms. The third kappa shape index (κ3) is 4.84. The van der Waals surface area contributed by atoms with Gasteiger partial charge in [-0.3, -0.25) is 14.9 Å². The van der Waals surface area contributed by atoms with Crippen molar-refractivity contribution < 1.29 is 0 Å². The maximum absolute atomic E-state index is 4.30. The van der Waals surface area contributed by atoms with E-state index in [1.54, 1.807) is 0 Å². The zero-order valence-corrected chi connectivity index (χ0v) is 17.7. The van der Waals surface area contributed by atoms with Crippen LogP contribution in [0.3, 0.4) is 0 Å². The Bertz CT molecular complexity index is 1060. The highest BCUT2D eigenvalue weighted by Gasteiger charge is 2.15. The summed E-state index contributed by atoms with van der Waals surface area (Å²) in [5, 5.41) is 0. The number of pyridine rings is 2. The van der Waals surface area contributed by atoms with Gasteiger partial charge in [-0.25, -0.2) is 0 Å². The van der Waals surface area contributed by atoms with Gasteiger partial charge in [0.2, 0.25) is 0 Å². The fourth-order valence-electron chi connectivity index (χ4n) is 4.01. The molecule has 0 aliphatic carbocycles. The molecule has 0 spiro atoms. The predicted molar refractivity (Wildman–Crippen MR) is 122 cm³/mol. The standard InChI is InChI=1S/C26H28N4/c1-21-17-25(22(2)30(21)26-9-6-13-28-18-26)20-29(19-24-10-14-27-15-11-24)16-12-23-7-4-3-5-8-23/h3-11,13-15,17-18H,12,16,19-20H2,1-2H3. The van der Waals surface area contributed by atoms with Gasteiger partial charge in [0.05, 0.1) is 11.9 Å². The Morgan fingerprint density at radius 3 is 2.33 bits per heavy atom. The van der Waals surface area contributed by atoms with Gasteiger partial charge in [0, 0.05) is 49.6 Å². The SMILES string of the molecule is Cc1cc(CN(CCc2ccccc2)Cc2ccncc2)c(C)n1-c1cccnc1. The van der Waals surface area contributed by atoms with E-state index in [-0.39, 0.29) is 0 Å². The molecule has 0 radical (unpaired) electrons. The third-order valence-electron chi connectivity index (χ3n) is 5.55. The van der Waals surface area contributed by atoms with Gasteiger partial charge >= 0.3 is 0 Å². The summed E-state index contributed by atoms with van der Waals surface area (Å²) in [6.07, 6.45) is 8.53. The van der Waals surface area contributed by atoms with Crippen molar-refractivity contribution in [3.63, 3.8) is 0 Å². The molecule has 1 aromatic carbocycles. The van der Waals surface area contributed by atoms with Crippen LogP contribution < -0.4 is 0 Å². The van der Waals surface area contributed by atoms with Crippen molar-refractivity contribution in [1.29, 1.82) is 0 Å². The Balaban J connectivity index is 1.56. The van der Waals surface area contributed by atoms with Crippen molar-refractivity contribution >= 4 is 0 Å². The van der Waals surface area contributed by atoms with E-state index in [1.165, 1.54) is 28.1 Å². The van der Waals surface area contributed by atoms with Gasteiger partial charge in [-0.2, -0.15) is 0 Å². The quantitative estimate of drug-likeness (QED) is 0.414. The van der Waals surface area contributed by atoms with Crippen LogP contribution in [0.4, 0.5) is 0 Å². The molecule has 3 aromatic heterocycles. The lowest BCUT2D eigenvalue weighted by Crippen LogP contribution is -2.25. The molecule has 0 saturated carbocycles. The van der Waals surface area contributed by atoms with Crippen molar-refractivity contribution in [2.75, 3.05) is 6.54 Å². The molecular weight excluding hydrogens is 368 g/mol.